The monoisotopic (exact) mass is 380 g/mol. The van der Waals surface area contributed by atoms with Gasteiger partial charge in [0.05, 0.1) is 7.11 Å². The van der Waals surface area contributed by atoms with Crippen molar-refractivity contribution in [3.8, 4) is 5.75 Å². The van der Waals surface area contributed by atoms with Crippen LogP contribution in [-0.2, 0) is 20.7 Å². The predicted octanol–water partition coefficient (Wildman–Crippen LogP) is 2.55. The quantitative estimate of drug-likeness (QED) is 0.614. The summed E-state index contributed by atoms with van der Waals surface area (Å²) in [5.41, 5.74) is 0.415. The maximum atomic E-state index is 13.1. The smallest absolute Gasteiger partial charge is 0.328 e. The van der Waals surface area contributed by atoms with Crippen LogP contribution in [0.3, 0.4) is 0 Å². The van der Waals surface area contributed by atoms with Gasteiger partial charge in [-0.3, -0.25) is 4.79 Å². The van der Waals surface area contributed by atoms with Crippen molar-refractivity contribution in [2.45, 2.75) is 30.5 Å². The third-order valence-electron chi connectivity index (χ3n) is 5.44. The highest BCUT2D eigenvalue weighted by Gasteiger charge is 2.69. The van der Waals surface area contributed by atoms with Gasteiger partial charge in [-0.1, -0.05) is 53.7 Å². The van der Waals surface area contributed by atoms with Gasteiger partial charge in [0.15, 0.2) is 5.60 Å². The van der Waals surface area contributed by atoms with Crippen LogP contribution in [0, 0.1) is 10.8 Å². The molecule has 2 aromatic rings. The van der Waals surface area contributed by atoms with Gasteiger partial charge in [0.2, 0.25) is 0 Å². The molecule has 1 saturated carbocycles. The molecule has 28 heavy (non-hydrogen) atoms. The van der Waals surface area contributed by atoms with Crippen LogP contribution in [-0.4, -0.2) is 30.6 Å². The largest absolute Gasteiger partial charge is 0.477 e. The molecule has 1 aliphatic carbocycles. The lowest BCUT2D eigenvalue weighted by molar-refractivity contribution is -0.146. The number of nitroso groups, excluding NO2 is 1. The number of carbonyl (C=O) groups is 2. The number of benzene rings is 2. The van der Waals surface area contributed by atoms with Crippen molar-refractivity contribution in [2.75, 3.05) is 7.11 Å². The van der Waals surface area contributed by atoms with E-state index in [9.17, 15) is 14.5 Å². The van der Waals surface area contributed by atoms with E-state index in [4.69, 9.17) is 9.47 Å². The molecular formula is C21H20N2O5. The topological polar surface area (TPSA) is 94.1 Å². The van der Waals surface area contributed by atoms with Gasteiger partial charge in [-0.25, -0.2) is 4.79 Å². The summed E-state index contributed by atoms with van der Waals surface area (Å²) in [7, 11) is 1.28. The van der Waals surface area contributed by atoms with E-state index in [1.807, 2.05) is 36.4 Å². The van der Waals surface area contributed by atoms with Gasteiger partial charge in [0.1, 0.15) is 17.8 Å². The number of fused-ring (bicyclic) bond motifs is 2. The number of amides is 1. The fraction of sp³-hybridized carbons (Fsp3) is 0.333. The molecule has 2 aliphatic rings. The van der Waals surface area contributed by atoms with E-state index in [-0.39, 0.29) is 5.92 Å². The number of rotatable bonds is 6. The van der Waals surface area contributed by atoms with E-state index in [1.54, 1.807) is 18.2 Å². The van der Waals surface area contributed by atoms with Gasteiger partial charge in [0.25, 0.3) is 5.91 Å². The average Bonchev–Trinajstić information content (AvgIpc) is 3.47. The third-order valence-corrected chi connectivity index (χ3v) is 5.44. The van der Waals surface area contributed by atoms with E-state index in [0.29, 0.717) is 24.2 Å². The Morgan fingerprint density at radius 3 is 2.64 bits per heavy atom. The minimum absolute atomic E-state index is 0.298. The lowest BCUT2D eigenvalue weighted by Crippen LogP contribution is -2.51. The van der Waals surface area contributed by atoms with Crippen molar-refractivity contribution in [1.29, 1.82) is 0 Å². The minimum Gasteiger partial charge on any atom is -0.477 e. The molecule has 0 bridgehead atoms. The number of para-hydroxylation sites is 1. The van der Waals surface area contributed by atoms with Crippen LogP contribution < -0.4 is 10.1 Å². The van der Waals surface area contributed by atoms with Crippen LogP contribution in [0.2, 0.25) is 0 Å². The fourth-order valence-electron chi connectivity index (χ4n) is 3.89. The molecule has 0 saturated heterocycles. The molecule has 1 amide bonds. The molecule has 4 atom stereocenters. The molecule has 144 valence electrons. The molecule has 1 aliphatic heterocycles. The SMILES string of the molecule is COC(=O)[C@@H](Cc1ccccc1)NC(=O)C12CC1C(N=O)c1ccccc1O2. The number of esters is 1. The second-order valence-corrected chi connectivity index (χ2v) is 7.13. The number of nitrogens with one attached hydrogen (secondary N) is 1. The Balaban J connectivity index is 1.55. The number of carbonyl (C=O) groups excluding carboxylic acids is 2. The maximum Gasteiger partial charge on any atom is 0.328 e. The van der Waals surface area contributed by atoms with Crippen LogP contribution in [0.15, 0.2) is 59.8 Å². The zero-order valence-electron chi connectivity index (χ0n) is 15.3. The highest BCUT2D eigenvalue weighted by Crippen LogP contribution is 2.60. The van der Waals surface area contributed by atoms with Crippen LogP contribution >= 0.6 is 0 Å². The minimum atomic E-state index is -1.17. The van der Waals surface area contributed by atoms with Crippen molar-refractivity contribution in [1.82, 2.24) is 5.32 Å². The first kappa shape index (κ1) is 18.2. The fourth-order valence-corrected chi connectivity index (χ4v) is 3.89. The lowest BCUT2D eigenvalue weighted by Gasteiger charge is -2.29. The lowest BCUT2D eigenvalue weighted by atomic mass is 9.96. The number of nitrogens with zero attached hydrogens (tertiary/aromatic N) is 1. The highest BCUT2D eigenvalue weighted by atomic mass is 16.5. The Kier molecular flexibility index (Phi) is 4.58. The molecule has 1 heterocycles. The zero-order chi connectivity index (χ0) is 19.7. The van der Waals surface area contributed by atoms with E-state index in [2.05, 4.69) is 10.5 Å². The first-order valence-electron chi connectivity index (χ1n) is 9.12. The Morgan fingerprint density at radius 2 is 1.93 bits per heavy atom. The third kappa shape index (κ3) is 3.02. The average molecular weight is 380 g/mol. The zero-order valence-corrected chi connectivity index (χ0v) is 15.3. The summed E-state index contributed by atoms with van der Waals surface area (Å²) in [6.45, 7) is 0. The van der Waals surface area contributed by atoms with Gasteiger partial charge in [-0.15, -0.1) is 0 Å². The predicted molar refractivity (Wildman–Crippen MR) is 101 cm³/mol. The van der Waals surface area contributed by atoms with Crippen LogP contribution in [0.4, 0.5) is 0 Å². The molecule has 0 radical (unpaired) electrons. The molecule has 3 unspecified atom stereocenters. The summed E-state index contributed by atoms with van der Waals surface area (Å²) >= 11 is 0. The normalized spacial score (nSPS) is 25.3. The molecular weight excluding hydrogens is 360 g/mol. The first-order chi connectivity index (χ1) is 13.6. The van der Waals surface area contributed by atoms with Crippen molar-refractivity contribution in [3.05, 3.63) is 70.6 Å². The summed E-state index contributed by atoms with van der Waals surface area (Å²) in [5, 5.41) is 6.00. The van der Waals surface area contributed by atoms with Gasteiger partial charge in [-0.05, 0) is 11.6 Å². The Hall–Kier alpha value is -3.22. The molecule has 4 rings (SSSR count). The Morgan fingerprint density at radius 1 is 1.21 bits per heavy atom. The molecule has 0 spiro atoms. The summed E-state index contributed by atoms with van der Waals surface area (Å²) in [5.74, 6) is -0.817. The second kappa shape index (κ2) is 7.07. The molecule has 7 nitrogen and oxygen atoms in total. The number of hydrogen-bond donors (Lipinski definition) is 1. The van der Waals surface area contributed by atoms with Crippen LogP contribution in [0.25, 0.3) is 0 Å². The van der Waals surface area contributed by atoms with E-state index < -0.39 is 29.6 Å². The summed E-state index contributed by atoms with van der Waals surface area (Å²) in [6, 6.07) is 15.0. The standard InChI is InChI=1S/C21H20N2O5/c1-27-19(24)16(11-13-7-3-2-4-8-13)22-20(25)21-12-15(21)18(23-26)14-9-5-6-10-17(14)28-21/h2-10,15-16,18H,11-12H2,1H3,(H,22,25)/t15?,16-,18?,21?/m1/s1. The van der Waals surface area contributed by atoms with Gasteiger partial charge < -0.3 is 14.8 Å². The first-order valence-corrected chi connectivity index (χ1v) is 9.12. The van der Waals surface area contributed by atoms with Crippen molar-refractivity contribution < 1.29 is 19.1 Å². The molecule has 2 aromatic carbocycles. The summed E-state index contributed by atoms with van der Waals surface area (Å²) < 4.78 is 10.8. The van der Waals surface area contributed by atoms with E-state index >= 15 is 0 Å². The molecule has 1 N–H and O–H groups in total. The van der Waals surface area contributed by atoms with Crippen molar-refractivity contribution in [3.63, 3.8) is 0 Å². The number of ether oxygens (including phenoxy) is 2. The summed E-state index contributed by atoms with van der Waals surface area (Å²) in [4.78, 5) is 36.7. The van der Waals surface area contributed by atoms with Crippen molar-refractivity contribution >= 4 is 11.9 Å². The van der Waals surface area contributed by atoms with Gasteiger partial charge in [0, 0.05) is 24.3 Å². The van der Waals surface area contributed by atoms with Gasteiger partial charge >= 0.3 is 5.97 Å². The van der Waals surface area contributed by atoms with Crippen LogP contribution in [0.1, 0.15) is 23.6 Å². The Bertz CT molecular complexity index is 916. The van der Waals surface area contributed by atoms with Crippen molar-refractivity contribution in [2.24, 2.45) is 11.1 Å². The highest BCUT2D eigenvalue weighted by molar-refractivity contribution is 5.93. The van der Waals surface area contributed by atoms with Gasteiger partial charge in [-0.2, -0.15) is 4.91 Å². The van der Waals surface area contributed by atoms with E-state index in [1.165, 1.54) is 7.11 Å². The van der Waals surface area contributed by atoms with E-state index in [0.717, 1.165) is 5.56 Å². The number of methoxy groups -OCH3 is 1. The second-order valence-electron chi connectivity index (χ2n) is 7.13. The molecule has 0 aromatic heterocycles. The Labute approximate surface area is 162 Å². The van der Waals surface area contributed by atoms with Crippen LogP contribution in [0.5, 0.6) is 5.75 Å². The summed E-state index contributed by atoms with van der Waals surface area (Å²) in [6.07, 6.45) is 0.676. The number of hydrogen-bond acceptors (Lipinski definition) is 6. The maximum absolute atomic E-state index is 13.1. The molecule has 7 heteroatoms. The molecule has 1 fully saturated rings.